The van der Waals surface area contributed by atoms with Gasteiger partial charge in [0.05, 0.1) is 23.2 Å². The number of rotatable bonds is 3. The van der Waals surface area contributed by atoms with Crippen LogP contribution in [0.5, 0.6) is 5.75 Å². The number of amides is 1. The number of benzene rings is 1. The Kier molecular flexibility index (Phi) is 4.12. The summed E-state index contributed by atoms with van der Waals surface area (Å²) in [5, 5.41) is 0.754. The molecule has 0 spiro atoms. The molecule has 0 fully saturated rings. The van der Waals surface area contributed by atoms with E-state index in [0.717, 1.165) is 16.4 Å². The maximum absolute atomic E-state index is 12.4. The van der Waals surface area contributed by atoms with E-state index in [0.29, 0.717) is 17.9 Å². The molecule has 0 radical (unpaired) electrons. The topological polar surface area (TPSA) is 60.2 Å². The van der Waals surface area contributed by atoms with Gasteiger partial charge in [-0.25, -0.2) is 9.59 Å². The van der Waals surface area contributed by atoms with Crippen LogP contribution in [-0.4, -0.2) is 42.1 Å². The van der Waals surface area contributed by atoms with Gasteiger partial charge in [0.1, 0.15) is 5.75 Å². The van der Waals surface area contributed by atoms with E-state index in [1.54, 1.807) is 39.2 Å². The molecule has 2 aromatic heterocycles. The Bertz CT molecular complexity index is 927. The summed E-state index contributed by atoms with van der Waals surface area (Å²) in [6.07, 6.45) is 1.40. The quantitative estimate of drug-likeness (QED) is 0.693. The van der Waals surface area contributed by atoms with Gasteiger partial charge < -0.3 is 18.8 Å². The first-order chi connectivity index (χ1) is 11.5. The molecule has 0 saturated heterocycles. The Hall–Kier alpha value is -3.02. The van der Waals surface area contributed by atoms with Crippen molar-refractivity contribution in [2.24, 2.45) is 0 Å². The minimum atomic E-state index is -0.458. The highest BCUT2D eigenvalue weighted by molar-refractivity contribution is 6.12. The van der Waals surface area contributed by atoms with Crippen molar-refractivity contribution in [1.82, 2.24) is 9.30 Å². The van der Waals surface area contributed by atoms with Crippen molar-refractivity contribution in [3.63, 3.8) is 0 Å². The maximum Gasteiger partial charge on any atom is 0.414 e. The van der Waals surface area contributed by atoms with E-state index in [2.05, 4.69) is 0 Å². The number of carbonyl (C=O) groups excluding carboxylic acids is 2. The molecular formula is C18H18N2O4. The lowest BCUT2D eigenvalue weighted by atomic mass is 10.1. The number of ether oxygens (including phenoxy) is 2. The molecule has 24 heavy (non-hydrogen) atoms. The van der Waals surface area contributed by atoms with E-state index in [1.807, 2.05) is 28.8 Å². The Labute approximate surface area is 139 Å². The van der Waals surface area contributed by atoms with Crippen LogP contribution in [0, 0.1) is 0 Å². The third-order valence-electron chi connectivity index (χ3n) is 3.66. The molecule has 1 aromatic carbocycles. The van der Waals surface area contributed by atoms with Crippen LogP contribution >= 0.6 is 0 Å². The summed E-state index contributed by atoms with van der Waals surface area (Å²) in [5.74, 6) is 0.0501. The van der Waals surface area contributed by atoms with E-state index in [9.17, 15) is 9.59 Å². The number of nitrogens with zero attached hydrogens (tertiary/aromatic N) is 2. The van der Waals surface area contributed by atoms with Gasteiger partial charge in [-0.05, 0) is 31.2 Å². The first kappa shape index (κ1) is 15.9. The van der Waals surface area contributed by atoms with Gasteiger partial charge in [-0.2, -0.15) is 0 Å². The zero-order chi connectivity index (χ0) is 17.3. The second-order valence-corrected chi connectivity index (χ2v) is 5.49. The number of pyridine rings is 1. The number of aromatic nitrogens is 1. The summed E-state index contributed by atoms with van der Waals surface area (Å²) in [4.78, 5) is 25.4. The number of hydrogen-bond donors (Lipinski definition) is 0. The standard InChI is InChI=1S/C18H18N2O4/c1-4-23-17(21)16-13-9-8-12(24-18(22)19(2)3)11-15(13)20-10-6-5-7-14(16)20/h5-11H,4H2,1-3H3. The lowest BCUT2D eigenvalue weighted by Gasteiger charge is -2.10. The van der Waals surface area contributed by atoms with Gasteiger partial charge in [-0.15, -0.1) is 0 Å². The predicted molar refractivity (Wildman–Crippen MR) is 90.6 cm³/mol. The zero-order valence-electron chi connectivity index (χ0n) is 13.8. The van der Waals surface area contributed by atoms with Gasteiger partial charge in [0.15, 0.2) is 0 Å². The molecule has 6 heteroatoms. The molecule has 1 amide bonds. The Balaban J connectivity index is 2.18. The van der Waals surface area contributed by atoms with Crippen molar-refractivity contribution in [3.8, 4) is 5.75 Å². The van der Waals surface area contributed by atoms with Crippen LogP contribution in [0.1, 0.15) is 17.3 Å². The van der Waals surface area contributed by atoms with Crippen molar-refractivity contribution in [2.75, 3.05) is 20.7 Å². The van der Waals surface area contributed by atoms with Gasteiger partial charge in [0, 0.05) is 31.7 Å². The van der Waals surface area contributed by atoms with Gasteiger partial charge in [-0.1, -0.05) is 6.07 Å². The van der Waals surface area contributed by atoms with E-state index in [4.69, 9.17) is 9.47 Å². The molecule has 0 aliphatic rings. The molecule has 0 N–H and O–H groups in total. The van der Waals surface area contributed by atoms with Gasteiger partial charge >= 0.3 is 12.1 Å². The maximum atomic E-state index is 12.4. The van der Waals surface area contributed by atoms with Gasteiger partial charge in [0.25, 0.3) is 0 Å². The van der Waals surface area contributed by atoms with Crippen molar-refractivity contribution in [3.05, 3.63) is 48.2 Å². The van der Waals surface area contributed by atoms with Gasteiger partial charge in [0.2, 0.25) is 0 Å². The van der Waals surface area contributed by atoms with E-state index in [1.165, 1.54) is 4.90 Å². The van der Waals surface area contributed by atoms with Crippen molar-refractivity contribution < 1.29 is 19.1 Å². The molecule has 0 aliphatic carbocycles. The third-order valence-corrected chi connectivity index (χ3v) is 3.66. The summed E-state index contributed by atoms with van der Waals surface area (Å²) in [6.45, 7) is 2.08. The van der Waals surface area contributed by atoms with Crippen LogP contribution in [0.25, 0.3) is 16.4 Å². The first-order valence-corrected chi connectivity index (χ1v) is 7.62. The average molecular weight is 326 g/mol. The fourth-order valence-electron chi connectivity index (χ4n) is 2.59. The Morgan fingerprint density at radius 1 is 1.12 bits per heavy atom. The largest absolute Gasteiger partial charge is 0.462 e. The highest BCUT2D eigenvalue weighted by Crippen LogP contribution is 2.30. The molecule has 0 unspecified atom stereocenters. The van der Waals surface area contributed by atoms with Crippen LogP contribution in [0.15, 0.2) is 42.6 Å². The van der Waals surface area contributed by atoms with Crippen LogP contribution in [0.3, 0.4) is 0 Å². The SMILES string of the molecule is CCOC(=O)c1c2ccc(OC(=O)N(C)C)cc2n2ccccc12. The molecule has 6 nitrogen and oxygen atoms in total. The van der Waals surface area contributed by atoms with Crippen LogP contribution in [0.4, 0.5) is 4.79 Å². The molecule has 0 aliphatic heterocycles. The van der Waals surface area contributed by atoms with E-state index < -0.39 is 6.09 Å². The lowest BCUT2D eigenvalue weighted by Crippen LogP contribution is -2.25. The van der Waals surface area contributed by atoms with Crippen LogP contribution in [0.2, 0.25) is 0 Å². The zero-order valence-corrected chi connectivity index (χ0v) is 13.8. The molecular weight excluding hydrogens is 308 g/mol. The smallest absolute Gasteiger partial charge is 0.414 e. The predicted octanol–water partition coefficient (Wildman–Crippen LogP) is 3.33. The van der Waals surface area contributed by atoms with Crippen molar-refractivity contribution in [1.29, 1.82) is 0 Å². The van der Waals surface area contributed by atoms with E-state index in [-0.39, 0.29) is 5.97 Å². The fraction of sp³-hybridized carbons (Fsp3) is 0.222. The van der Waals surface area contributed by atoms with Crippen LogP contribution < -0.4 is 4.74 Å². The normalized spacial score (nSPS) is 10.8. The highest BCUT2D eigenvalue weighted by Gasteiger charge is 2.20. The number of hydrogen-bond acceptors (Lipinski definition) is 4. The monoisotopic (exact) mass is 326 g/mol. The van der Waals surface area contributed by atoms with Crippen LogP contribution in [-0.2, 0) is 4.74 Å². The van der Waals surface area contributed by atoms with E-state index >= 15 is 0 Å². The Morgan fingerprint density at radius 3 is 2.62 bits per heavy atom. The highest BCUT2D eigenvalue weighted by atomic mass is 16.6. The van der Waals surface area contributed by atoms with Crippen molar-refractivity contribution in [2.45, 2.75) is 6.92 Å². The second kappa shape index (κ2) is 6.23. The van der Waals surface area contributed by atoms with Crippen molar-refractivity contribution >= 4 is 28.5 Å². The summed E-state index contributed by atoms with van der Waals surface area (Å²) >= 11 is 0. The average Bonchev–Trinajstić information content (AvgIpc) is 2.89. The molecule has 0 saturated carbocycles. The van der Waals surface area contributed by atoms with Gasteiger partial charge in [-0.3, -0.25) is 0 Å². The minimum Gasteiger partial charge on any atom is -0.462 e. The molecule has 3 aromatic rings. The summed E-state index contributed by atoms with van der Waals surface area (Å²) < 4.78 is 12.4. The number of fused-ring (bicyclic) bond motifs is 3. The summed E-state index contributed by atoms with van der Waals surface area (Å²) in [7, 11) is 3.23. The Morgan fingerprint density at radius 2 is 1.92 bits per heavy atom. The number of esters is 1. The molecule has 2 heterocycles. The first-order valence-electron chi connectivity index (χ1n) is 7.62. The molecule has 0 bridgehead atoms. The fourth-order valence-corrected chi connectivity index (χ4v) is 2.59. The summed E-state index contributed by atoms with van der Waals surface area (Å²) in [6, 6.07) is 10.8. The number of carbonyl (C=O) groups is 2. The molecule has 3 rings (SSSR count). The molecule has 0 atom stereocenters. The minimum absolute atomic E-state index is 0.309. The summed E-state index contributed by atoms with van der Waals surface area (Å²) in [5.41, 5.74) is 2.04. The molecule has 124 valence electrons. The third kappa shape index (κ3) is 2.67. The second-order valence-electron chi connectivity index (χ2n) is 5.49. The lowest BCUT2D eigenvalue weighted by molar-refractivity contribution is 0.0531.